The van der Waals surface area contributed by atoms with Gasteiger partial charge in [-0.1, -0.05) is 12.8 Å². The summed E-state index contributed by atoms with van der Waals surface area (Å²) in [4.78, 5) is 7.08. The Hall–Kier alpha value is -0.940. The Morgan fingerprint density at radius 2 is 1.94 bits per heavy atom. The molecule has 0 aromatic carbocycles. The quantitative estimate of drug-likeness (QED) is 0.816. The summed E-state index contributed by atoms with van der Waals surface area (Å²) in [6, 6.07) is 0. The van der Waals surface area contributed by atoms with E-state index in [1.165, 1.54) is 25.7 Å². The Bertz CT molecular complexity index is 350. The lowest BCUT2D eigenvalue weighted by molar-refractivity contribution is 0.228. The van der Waals surface area contributed by atoms with E-state index in [0.717, 1.165) is 44.4 Å². The number of H-pyrrole nitrogens is 1. The van der Waals surface area contributed by atoms with Gasteiger partial charge in [-0.25, -0.2) is 4.98 Å². The second-order valence-corrected chi connectivity index (χ2v) is 5.15. The van der Waals surface area contributed by atoms with Crippen molar-refractivity contribution in [3.63, 3.8) is 0 Å². The van der Waals surface area contributed by atoms with Crippen LogP contribution in [0.2, 0.25) is 0 Å². The van der Waals surface area contributed by atoms with Gasteiger partial charge in [0.05, 0.1) is 6.54 Å². The summed E-state index contributed by atoms with van der Waals surface area (Å²) in [6.45, 7) is 5.31. The third kappa shape index (κ3) is 2.66. The van der Waals surface area contributed by atoms with E-state index in [1.807, 2.05) is 0 Å². The minimum atomic E-state index is 0.614. The zero-order valence-electron chi connectivity index (χ0n) is 10.3. The van der Waals surface area contributed by atoms with E-state index in [2.05, 4.69) is 25.4 Å². The number of nitrogens with zero attached hydrogens (tertiary/aromatic N) is 3. The molecule has 5 nitrogen and oxygen atoms in total. The highest BCUT2D eigenvalue weighted by Crippen LogP contribution is 2.31. The van der Waals surface area contributed by atoms with Crippen LogP contribution in [0, 0.1) is 0 Å². The van der Waals surface area contributed by atoms with Gasteiger partial charge < -0.3 is 5.32 Å². The summed E-state index contributed by atoms with van der Waals surface area (Å²) in [7, 11) is 0. The van der Waals surface area contributed by atoms with Crippen LogP contribution in [0.25, 0.3) is 0 Å². The van der Waals surface area contributed by atoms with E-state index in [-0.39, 0.29) is 0 Å². The summed E-state index contributed by atoms with van der Waals surface area (Å²) in [5.41, 5.74) is 0. The molecule has 1 aliphatic carbocycles. The summed E-state index contributed by atoms with van der Waals surface area (Å²) in [5.74, 6) is 2.70. The van der Waals surface area contributed by atoms with Gasteiger partial charge in [-0.15, -0.1) is 0 Å². The highest BCUT2D eigenvalue weighted by Gasteiger charge is 2.21. The van der Waals surface area contributed by atoms with Crippen molar-refractivity contribution in [3.8, 4) is 0 Å². The van der Waals surface area contributed by atoms with Crippen LogP contribution in [-0.2, 0) is 6.54 Å². The maximum absolute atomic E-state index is 4.66. The molecule has 3 rings (SSSR count). The van der Waals surface area contributed by atoms with E-state index in [1.54, 1.807) is 0 Å². The average Bonchev–Trinajstić information content (AvgIpc) is 3.00. The molecule has 0 spiro atoms. The molecule has 17 heavy (non-hydrogen) atoms. The Kier molecular flexibility index (Phi) is 3.38. The minimum absolute atomic E-state index is 0.614. The standard InChI is InChI=1S/C12H21N5/c1-2-4-10(3-1)12-14-11(15-16-12)9-17-7-5-13-6-8-17/h10,13H,1-9H2,(H,14,15,16). The molecule has 2 fully saturated rings. The van der Waals surface area contributed by atoms with Gasteiger partial charge in [0.15, 0.2) is 5.82 Å². The van der Waals surface area contributed by atoms with Gasteiger partial charge in [0.1, 0.15) is 5.82 Å². The third-order valence-electron chi connectivity index (χ3n) is 3.85. The smallest absolute Gasteiger partial charge is 0.153 e. The molecule has 0 unspecified atom stereocenters. The van der Waals surface area contributed by atoms with Crippen molar-refractivity contribution >= 4 is 0 Å². The number of hydrogen-bond acceptors (Lipinski definition) is 4. The molecule has 2 aliphatic rings. The molecule has 2 N–H and O–H groups in total. The topological polar surface area (TPSA) is 56.8 Å². The summed E-state index contributed by atoms with van der Waals surface area (Å²) in [5, 5.41) is 10.9. The van der Waals surface area contributed by atoms with Gasteiger partial charge in [0, 0.05) is 32.1 Å². The van der Waals surface area contributed by atoms with Crippen LogP contribution in [-0.4, -0.2) is 46.3 Å². The Balaban J connectivity index is 1.59. The van der Waals surface area contributed by atoms with Crippen molar-refractivity contribution in [1.82, 2.24) is 25.4 Å². The molecule has 0 bridgehead atoms. The molecule has 2 heterocycles. The molecular weight excluding hydrogens is 214 g/mol. The van der Waals surface area contributed by atoms with Crippen LogP contribution >= 0.6 is 0 Å². The van der Waals surface area contributed by atoms with Crippen LogP contribution in [0.15, 0.2) is 0 Å². The van der Waals surface area contributed by atoms with Gasteiger partial charge in [0.25, 0.3) is 0 Å². The van der Waals surface area contributed by atoms with E-state index < -0.39 is 0 Å². The number of nitrogens with one attached hydrogen (secondary N) is 2. The van der Waals surface area contributed by atoms with Crippen molar-refractivity contribution in [2.45, 2.75) is 38.1 Å². The van der Waals surface area contributed by atoms with Gasteiger partial charge in [-0.3, -0.25) is 10.00 Å². The highest BCUT2D eigenvalue weighted by atomic mass is 15.3. The first-order chi connectivity index (χ1) is 8.42. The number of piperazine rings is 1. The lowest BCUT2D eigenvalue weighted by Crippen LogP contribution is -2.43. The molecule has 0 atom stereocenters. The predicted molar refractivity (Wildman–Crippen MR) is 65.7 cm³/mol. The second-order valence-electron chi connectivity index (χ2n) is 5.15. The monoisotopic (exact) mass is 235 g/mol. The van der Waals surface area contributed by atoms with E-state index in [4.69, 9.17) is 0 Å². The largest absolute Gasteiger partial charge is 0.314 e. The van der Waals surface area contributed by atoms with Gasteiger partial charge in [-0.05, 0) is 12.8 Å². The van der Waals surface area contributed by atoms with Crippen LogP contribution in [0.4, 0.5) is 0 Å². The first-order valence-electron chi connectivity index (χ1n) is 6.76. The number of hydrogen-bond donors (Lipinski definition) is 2. The highest BCUT2D eigenvalue weighted by molar-refractivity contribution is 5.00. The third-order valence-corrected chi connectivity index (χ3v) is 3.85. The van der Waals surface area contributed by atoms with Crippen molar-refractivity contribution in [3.05, 3.63) is 11.6 Å². The Morgan fingerprint density at radius 3 is 2.71 bits per heavy atom. The molecule has 1 aromatic rings. The van der Waals surface area contributed by atoms with E-state index in [9.17, 15) is 0 Å². The maximum atomic E-state index is 4.66. The number of aromatic amines is 1. The van der Waals surface area contributed by atoms with Gasteiger partial charge >= 0.3 is 0 Å². The minimum Gasteiger partial charge on any atom is -0.314 e. The molecule has 1 saturated carbocycles. The molecule has 1 saturated heterocycles. The SMILES string of the molecule is C1CCC(c2n[nH]c(CN3CCNCC3)n2)C1. The summed E-state index contributed by atoms with van der Waals surface area (Å²) < 4.78 is 0. The van der Waals surface area contributed by atoms with Crippen LogP contribution in [0.5, 0.6) is 0 Å². The van der Waals surface area contributed by atoms with Crippen LogP contribution in [0.3, 0.4) is 0 Å². The lowest BCUT2D eigenvalue weighted by Gasteiger charge is -2.25. The fourth-order valence-corrected chi connectivity index (χ4v) is 2.83. The first kappa shape index (κ1) is 11.2. The fourth-order valence-electron chi connectivity index (χ4n) is 2.83. The molecule has 0 amide bonds. The zero-order chi connectivity index (χ0) is 11.5. The van der Waals surface area contributed by atoms with Crippen molar-refractivity contribution in [2.24, 2.45) is 0 Å². The normalized spacial score (nSPS) is 23.3. The molecule has 1 aromatic heterocycles. The number of rotatable bonds is 3. The van der Waals surface area contributed by atoms with Gasteiger partial charge in [0.2, 0.25) is 0 Å². The molecule has 94 valence electrons. The van der Waals surface area contributed by atoms with Crippen molar-refractivity contribution in [2.75, 3.05) is 26.2 Å². The lowest BCUT2D eigenvalue weighted by atomic mass is 10.1. The first-order valence-corrected chi connectivity index (χ1v) is 6.76. The van der Waals surface area contributed by atoms with Gasteiger partial charge in [-0.2, -0.15) is 5.10 Å². The summed E-state index contributed by atoms with van der Waals surface area (Å²) >= 11 is 0. The average molecular weight is 235 g/mol. The molecule has 5 heteroatoms. The van der Waals surface area contributed by atoms with E-state index >= 15 is 0 Å². The zero-order valence-corrected chi connectivity index (χ0v) is 10.3. The number of aromatic nitrogens is 3. The fraction of sp³-hybridized carbons (Fsp3) is 0.833. The Morgan fingerprint density at radius 1 is 1.18 bits per heavy atom. The van der Waals surface area contributed by atoms with E-state index in [0.29, 0.717) is 5.92 Å². The second kappa shape index (κ2) is 5.14. The molecule has 1 aliphatic heterocycles. The van der Waals surface area contributed by atoms with Crippen LogP contribution in [0.1, 0.15) is 43.3 Å². The molecule has 0 radical (unpaired) electrons. The summed E-state index contributed by atoms with van der Waals surface area (Å²) in [6.07, 6.45) is 5.22. The van der Waals surface area contributed by atoms with Crippen molar-refractivity contribution in [1.29, 1.82) is 0 Å². The van der Waals surface area contributed by atoms with Crippen LogP contribution < -0.4 is 5.32 Å². The molecular formula is C12H21N5. The maximum Gasteiger partial charge on any atom is 0.153 e. The Labute approximate surface area is 102 Å². The predicted octanol–water partition coefficient (Wildman–Crippen LogP) is 0.867. The van der Waals surface area contributed by atoms with Crippen molar-refractivity contribution < 1.29 is 0 Å².